The number of rotatable bonds is 4. The van der Waals surface area contributed by atoms with Crippen molar-refractivity contribution in [3.63, 3.8) is 0 Å². The molecule has 3 aromatic rings. The number of anilines is 2. The number of hydrogen-bond donors (Lipinski definition) is 3. The fraction of sp³-hybridized carbons (Fsp3) is 0.0625. The van der Waals surface area contributed by atoms with Crippen LogP contribution in [-0.4, -0.2) is 20.1 Å². The Morgan fingerprint density at radius 2 is 1.91 bits per heavy atom. The SMILES string of the molecule is Nc1cnc(-c2cccnc2NCc2ccc(F)cc2O)nc1. The lowest BCUT2D eigenvalue weighted by Gasteiger charge is -2.11. The van der Waals surface area contributed by atoms with E-state index < -0.39 is 5.82 Å². The van der Waals surface area contributed by atoms with Crippen molar-refractivity contribution in [3.05, 3.63) is 60.3 Å². The number of pyridine rings is 1. The lowest BCUT2D eigenvalue weighted by Crippen LogP contribution is -2.04. The van der Waals surface area contributed by atoms with E-state index in [1.807, 2.05) is 6.07 Å². The minimum absolute atomic E-state index is 0.112. The first-order chi connectivity index (χ1) is 11.1. The number of halogens is 1. The van der Waals surface area contributed by atoms with Gasteiger partial charge in [0.25, 0.3) is 0 Å². The summed E-state index contributed by atoms with van der Waals surface area (Å²) in [5.41, 5.74) is 7.33. The topological polar surface area (TPSA) is 97.0 Å². The fourth-order valence-corrected chi connectivity index (χ4v) is 2.07. The van der Waals surface area contributed by atoms with Crippen molar-refractivity contribution in [1.82, 2.24) is 15.0 Å². The van der Waals surface area contributed by atoms with Crippen molar-refractivity contribution in [1.29, 1.82) is 0 Å². The van der Waals surface area contributed by atoms with Gasteiger partial charge >= 0.3 is 0 Å². The highest BCUT2D eigenvalue weighted by Crippen LogP contribution is 2.24. The first-order valence-corrected chi connectivity index (χ1v) is 6.87. The van der Waals surface area contributed by atoms with Crippen LogP contribution in [-0.2, 0) is 6.54 Å². The Kier molecular flexibility index (Phi) is 4.01. The minimum Gasteiger partial charge on any atom is -0.507 e. The van der Waals surface area contributed by atoms with Gasteiger partial charge in [0.05, 0.1) is 23.6 Å². The molecular weight excluding hydrogens is 297 g/mol. The Labute approximate surface area is 131 Å². The summed E-state index contributed by atoms with van der Waals surface area (Å²) >= 11 is 0. The van der Waals surface area contributed by atoms with Crippen LogP contribution in [0.5, 0.6) is 5.75 Å². The van der Waals surface area contributed by atoms with E-state index in [4.69, 9.17) is 5.73 Å². The number of phenolic OH excluding ortho intramolecular Hbond substituents is 1. The van der Waals surface area contributed by atoms with Crippen LogP contribution in [0.1, 0.15) is 5.56 Å². The van der Waals surface area contributed by atoms with Crippen LogP contribution < -0.4 is 11.1 Å². The average Bonchev–Trinajstić information content (AvgIpc) is 2.55. The van der Waals surface area contributed by atoms with Gasteiger partial charge in [0.15, 0.2) is 5.82 Å². The Balaban J connectivity index is 1.84. The molecule has 1 aromatic carbocycles. The largest absolute Gasteiger partial charge is 0.507 e. The Hall–Kier alpha value is -3.22. The van der Waals surface area contributed by atoms with Crippen LogP contribution >= 0.6 is 0 Å². The number of benzene rings is 1. The number of aromatic hydroxyl groups is 1. The van der Waals surface area contributed by atoms with Gasteiger partial charge in [0, 0.05) is 24.4 Å². The third-order valence-corrected chi connectivity index (χ3v) is 3.21. The monoisotopic (exact) mass is 311 g/mol. The van der Waals surface area contributed by atoms with Crippen LogP contribution in [0.2, 0.25) is 0 Å². The Morgan fingerprint density at radius 3 is 2.65 bits per heavy atom. The number of hydrogen-bond acceptors (Lipinski definition) is 6. The van der Waals surface area contributed by atoms with Crippen LogP contribution in [0.3, 0.4) is 0 Å². The van der Waals surface area contributed by atoms with Crippen LogP contribution in [0.15, 0.2) is 48.9 Å². The lowest BCUT2D eigenvalue weighted by molar-refractivity contribution is 0.463. The Bertz CT molecular complexity index is 823. The Morgan fingerprint density at radius 1 is 1.13 bits per heavy atom. The summed E-state index contributed by atoms with van der Waals surface area (Å²) < 4.78 is 13.0. The smallest absolute Gasteiger partial charge is 0.163 e. The van der Waals surface area contributed by atoms with E-state index in [1.54, 1.807) is 12.3 Å². The first kappa shape index (κ1) is 14.7. The summed E-state index contributed by atoms with van der Waals surface area (Å²) in [6, 6.07) is 7.47. The molecule has 2 heterocycles. The first-order valence-electron chi connectivity index (χ1n) is 6.87. The van der Waals surface area contributed by atoms with E-state index in [2.05, 4.69) is 20.3 Å². The van der Waals surface area contributed by atoms with Crippen molar-refractivity contribution in [2.24, 2.45) is 0 Å². The van der Waals surface area contributed by atoms with Crippen LogP contribution in [0, 0.1) is 5.82 Å². The second-order valence-corrected chi connectivity index (χ2v) is 4.87. The van der Waals surface area contributed by atoms with E-state index in [0.29, 0.717) is 28.5 Å². The van der Waals surface area contributed by atoms with Gasteiger partial charge in [-0.05, 0) is 18.2 Å². The maximum Gasteiger partial charge on any atom is 0.163 e. The molecule has 7 heteroatoms. The van der Waals surface area contributed by atoms with Crippen molar-refractivity contribution in [2.75, 3.05) is 11.1 Å². The van der Waals surface area contributed by atoms with E-state index in [9.17, 15) is 9.50 Å². The zero-order valence-corrected chi connectivity index (χ0v) is 12.1. The molecule has 6 nitrogen and oxygen atoms in total. The number of nitrogens with two attached hydrogens (primary N) is 1. The second-order valence-electron chi connectivity index (χ2n) is 4.87. The number of nitrogen functional groups attached to an aromatic ring is 1. The molecule has 3 rings (SSSR count). The van der Waals surface area contributed by atoms with Gasteiger partial charge in [-0.1, -0.05) is 6.07 Å². The van der Waals surface area contributed by atoms with Crippen molar-refractivity contribution >= 4 is 11.5 Å². The standard InChI is InChI=1S/C16H14FN5O/c17-11-4-3-10(14(23)6-11)7-20-15-13(2-1-5-19-15)16-21-8-12(18)9-22-16/h1-6,8-9,23H,7,18H2,(H,19,20). The van der Waals surface area contributed by atoms with Gasteiger partial charge in [-0.2, -0.15) is 0 Å². The molecule has 0 aliphatic carbocycles. The number of nitrogens with one attached hydrogen (secondary N) is 1. The molecule has 0 aliphatic rings. The summed E-state index contributed by atoms with van der Waals surface area (Å²) in [7, 11) is 0. The predicted octanol–water partition coefficient (Wildman–Crippen LogP) is 2.58. The fourth-order valence-electron chi connectivity index (χ4n) is 2.07. The van der Waals surface area contributed by atoms with Crippen molar-refractivity contribution < 1.29 is 9.50 Å². The second kappa shape index (κ2) is 6.27. The molecule has 0 radical (unpaired) electrons. The highest BCUT2D eigenvalue weighted by Gasteiger charge is 2.10. The van der Waals surface area contributed by atoms with E-state index >= 15 is 0 Å². The number of phenols is 1. The molecule has 2 aromatic heterocycles. The van der Waals surface area contributed by atoms with Crippen LogP contribution in [0.25, 0.3) is 11.4 Å². The van der Waals surface area contributed by atoms with Gasteiger partial charge in [-0.15, -0.1) is 0 Å². The van der Waals surface area contributed by atoms with Gasteiger partial charge in [0.1, 0.15) is 17.4 Å². The molecular formula is C16H14FN5O. The molecule has 4 N–H and O–H groups in total. The van der Waals surface area contributed by atoms with E-state index in [-0.39, 0.29) is 12.3 Å². The average molecular weight is 311 g/mol. The molecule has 0 amide bonds. The third kappa shape index (κ3) is 3.34. The quantitative estimate of drug-likeness (QED) is 0.685. The molecule has 0 saturated heterocycles. The molecule has 0 bridgehead atoms. The van der Waals surface area contributed by atoms with Crippen molar-refractivity contribution in [3.8, 4) is 17.1 Å². The molecule has 0 saturated carbocycles. The van der Waals surface area contributed by atoms with Gasteiger partial charge < -0.3 is 16.2 Å². The summed E-state index contributed by atoms with van der Waals surface area (Å²) in [5.74, 6) is 0.442. The normalized spacial score (nSPS) is 10.5. The molecule has 116 valence electrons. The lowest BCUT2D eigenvalue weighted by atomic mass is 10.2. The highest BCUT2D eigenvalue weighted by atomic mass is 19.1. The molecule has 23 heavy (non-hydrogen) atoms. The zero-order valence-electron chi connectivity index (χ0n) is 12.1. The van der Waals surface area contributed by atoms with Gasteiger partial charge in [-0.25, -0.2) is 19.3 Å². The maximum atomic E-state index is 13.0. The van der Waals surface area contributed by atoms with Gasteiger partial charge in [-0.3, -0.25) is 0 Å². The molecule has 0 aliphatic heterocycles. The van der Waals surface area contributed by atoms with Crippen molar-refractivity contribution in [2.45, 2.75) is 6.54 Å². The molecule has 0 spiro atoms. The van der Waals surface area contributed by atoms with E-state index in [0.717, 1.165) is 6.07 Å². The molecule has 0 unspecified atom stereocenters. The molecule has 0 atom stereocenters. The predicted molar refractivity (Wildman–Crippen MR) is 85.1 cm³/mol. The number of aromatic nitrogens is 3. The summed E-state index contributed by atoms with van der Waals surface area (Å²) in [6.07, 6.45) is 4.67. The molecule has 0 fully saturated rings. The summed E-state index contributed by atoms with van der Waals surface area (Å²) in [5, 5.41) is 12.8. The maximum absolute atomic E-state index is 13.0. The third-order valence-electron chi connectivity index (χ3n) is 3.21. The minimum atomic E-state index is -0.486. The number of nitrogens with zero attached hydrogens (tertiary/aromatic N) is 3. The van der Waals surface area contributed by atoms with Crippen LogP contribution in [0.4, 0.5) is 15.9 Å². The van der Waals surface area contributed by atoms with E-state index in [1.165, 1.54) is 24.5 Å². The zero-order chi connectivity index (χ0) is 16.2. The highest BCUT2D eigenvalue weighted by molar-refractivity contribution is 5.70. The summed E-state index contributed by atoms with van der Waals surface area (Å²) in [4.78, 5) is 12.6. The summed E-state index contributed by atoms with van der Waals surface area (Å²) in [6.45, 7) is 0.283. The van der Waals surface area contributed by atoms with Gasteiger partial charge in [0.2, 0.25) is 0 Å².